The van der Waals surface area contributed by atoms with E-state index in [-0.39, 0.29) is 18.2 Å². The van der Waals surface area contributed by atoms with Gasteiger partial charge in [-0.3, -0.25) is 9.69 Å². The van der Waals surface area contributed by atoms with Crippen LogP contribution in [0.15, 0.2) is 48.5 Å². The van der Waals surface area contributed by atoms with E-state index >= 15 is 0 Å². The molecule has 0 aliphatic carbocycles. The van der Waals surface area contributed by atoms with E-state index in [1.165, 1.54) is 12.1 Å². The normalized spacial score (nSPS) is 10.9. The summed E-state index contributed by atoms with van der Waals surface area (Å²) in [7, 11) is 3.50. The highest BCUT2D eigenvalue weighted by atomic mass is 19.3. The molecule has 0 unspecified atom stereocenters. The molecule has 0 aliphatic rings. The maximum absolute atomic E-state index is 12.1. The van der Waals surface area contributed by atoms with E-state index < -0.39 is 6.61 Å². The molecule has 5 nitrogen and oxygen atoms in total. The van der Waals surface area contributed by atoms with Gasteiger partial charge in [0.1, 0.15) is 11.5 Å². The van der Waals surface area contributed by atoms with Crippen LogP contribution in [0.1, 0.15) is 11.1 Å². The van der Waals surface area contributed by atoms with Gasteiger partial charge in [0.2, 0.25) is 5.91 Å². The van der Waals surface area contributed by atoms with Crippen molar-refractivity contribution < 1.29 is 23.0 Å². The predicted octanol–water partition coefficient (Wildman–Crippen LogP) is 3.09. The van der Waals surface area contributed by atoms with Crippen molar-refractivity contribution in [2.45, 2.75) is 19.6 Å². The summed E-state index contributed by atoms with van der Waals surface area (Å²) in [6.07, 6.45) is 0.614. The summed E-state index contributed by atoms with van der Waals surface area (Å²) in [4.78, 5) is 14.0. The molecule has 0 radical (unpaired) electrons. The fourth-order valence-electron chi connectivity index (χ4n) is 2.58. The average molecular weight is 378 g/mol. The second kappa shape index (κ2) is 10.5. The van der Waals surface area contributed by atoms with Crippen molar-refractivity contribution >= 4 is 5.91 Å². The lowest BCUT2D eigenvalue weighted by atomic mass is 10.1. The predicted molar refractivity (Wildman–Crippen MR) is 99.1 cm³/mol. The van der Waals surface area contributed by atoms with E-state index in [9.17, 15) is 13.6 Å². The number of carbonyl (C=O) groups is 1. The highest BCUT2D eigenvalue weighted by Gasteiger charge is 2.08. The number of likely N-dealkylation sites (N-methyl/N-ethyl adjacent to an activating group) is 1. The van der Waals surface area contributed by atoms with Crippen molar-refractivity contribution in [2.75, 3.05) is 27.2 Å². The van der Waals surface area contributed by atoms with Crippen LogP contribution in [0.5, 0.6) is 11.5 Å². The van der Waals surface area contributed by atoms with E-state index in [2.05, 4.69) is 10.1 Å². The number of halogens is 2. The zero-order chi connectivity index (χ0) is 19.6. The van der Waals surface area contributed by atoms with Gasteiger partial charge in [-0.2, -0.15) is 8.78 Å². The van der Waals surface area contributed by atoms with E-state index in [1.807, 2.05) is 36.2 Å². The number of hydrogen-bond donors (Lipinski definition) is 1. The molecule has 2 aromatic carbocycles. The fourth-order valence-corrected chi connectivity index (χ4v) is 2.58. The molecule has 0 heterocycles. The Labute approximate surface area is 157 Å². The lowest BCUT2D eigenvalue weighted by molar-refractivity contribution is -0.122. The van der Waals surface area contributed by atoms with Crippen LogP contribution >= 0.6 is 0 Å². The molecule has 27 heavy (non-hydrogen) atoms. The highest BCUT2D eigenvalue weighted by Crippen LogP contribution is 2.15. The van der Waals surface area contributed by atoms with Gasteiger partial charge in [-0.25, -0.2) is 0 Å². The molecule has 0 aromatic heterocycles. The number of benzene rings is 2. The first kappa shape index (κ1) is 20.6. The van der Waals surface area contributed by atoms with Crippen LogP contribution in [0.4, 0.5) is 8.78 Å². The topological polar surface area (TPSA) is 50.8 Å². The number of alkyl halides is 2. The van der Waals surface area contributed by atoms with Crippen molar-refractivity contribution in [1.82, 2.24) is 10.2 Å². The van der Waals surface area contributed by atoms with Crippen molar-refractivity contribution in [3.8, 4) is 11.5 Å². The van der Waals surface area contributed by atoms with Crippen LogP contribution < -0.4 is 14.8 Å². The summed E-state index contributed by atoms with van der Waals surface area (Å²) in [6, 6.07) is 14.1. The monoisotopic (exact) mass is 378 g/mol. The Bertz CT molecular complexity index is 706. The van der Waals surface area contributed by atoms with Crippen LogP contribution in [-0.4, -0.2) is 44.7 Å². The molecule has 0 atom stereocenters. The molecule has 1 N–H and O–H groups in total. The number of carbonyl (C=O) groups excluding carboxylic acids is 1. The molecule has 7 heteroatoms. The molecule has 146 valence electrons. The molecular weight excluding hydrogens is 354 g/mol. The molecule has 0 aliphatic heterocycles. The minimum Gasteiger partial charge on any atom is -0.497 e. The Morgan fingerprint density at radius 1 is 1.04 bits per heavy atom. The van der Waals surface area contributed by atoms with Crippen LogP contribution in [0.2, 0.25) is 0 Å². The van der Waals surface area contributed by atoms with E-state index in [4.69, 9.17) is 4.74 Å². The first-order chi connectivity index (χ1) is 13.0. The second-order valence-electron chi connectivity index (χ2n) is 6.14. The van der Waals surface area contributed by atoms with Gasteiger partial charge in [0.05, 0.1) is 13.7 Å². The van der Waals surface area contributed by atoms with Gasteiger partial charge in [0.15, 0.2) is 0 Å². The van der Waals surface area contributed by atoms with Crippen LogP contribution in [0, 0.1) is 0 Å². The summed E-state index contributed by atoms with van der Waals surface area (Å²) >= 11 is 0. The Kier molecular flexibility index (Phi) is 8.00. The minimum atomic E-state index is -2.83. The van der Waals surface area contributed by atoms with Crippen molar-refractivity contribution in [2.24, 2.45) is 0 Å². The molecule has 0 spiro atoms. The Morgan fingerprint density at radius 3 is 2.22 bits per heavy atom. The largest absolute Gasteiger partial charge is 0.497 e. The molecule has 2 rings (SSSR count). The first-order valence-electron chi connectivity index (χ1n) is 8.58. The number of amides is 1. The summed E-state index contributed by atoms with van der Waals surface area (Å²) in [5.41, 5.74) is 2.03. The lowest BCUT2D eigenvalue weighted by Crippen LogP contribution is -2.35. The summed E-state index contributed by atoms with van der Waals surface area (Å²) < 4.78 is 33.6. The standard InChI is InChI=1S/C20H24F2N2O3/c1-24(13-16-5-7-17(26-2)8-6-16)14-19(25)23-12-11-15-3-9-18(10-4-15)27-20(21)22/h3-10,20H,11-14H2,1-2H3,(H,23,25). The Hall–Kier alpha value is -2.67. The molecular formula is C20H24F2N2O3. The second-order valence-corrected chi connectivity index (χ2v) is 6.14. The van der Waals surface area contributed by atoms with Crippen LogP contribution in [0.25, 0.3) is 0 Å². The third-order valence-corrected chi connectivity index (χ3v) is 3.91. The van der Waals surface area contributed by atoms with Gasteiger partial charge in [0.25, 0.3) is 0 Å². The molecule has 0 saturated heterocycles. The van der Waals surface area contributed by atoms with Gasteiger partial charge in [-0.1, -0.05) is 24.3 Å². The third kappa shape index (κ3) is 7.62. The number of rotatable bonds is 10. The van der Waals surface area contributed by atoms with Gasteiger partial charge in [0, 0.05) is 13.1 Å². The first-order valence-corrected chi connectivity index (χ1v) is 8.58. The van der Waals surface area contributed by atoms with Crippen molar-refractivity contribution in [1.29, 1.82) is 0 Å². The molecule has 2 aromatic rings. The molecule has 0 saturated carbocycles. The van der Waals surface area contributed by atoms with E-state index in [0.717, 1.165) is 16.9 Å². The van der Waals surface area contributed by atoms with Crippen molar-refractivity contribution in [3.63, 3.8) is 0 Å². The number of ether oxygens (including phenoxy) is 2. The molecule has 0 bridgehead atoms. The summed E-state index contributed by atoms with van der Waals surface area (Å²) in [5.74, 6) is 0.856. The van der Waals surface area contributed by atoms with Crippen molar-refractivity contribution in [3.05, 3.63) is 59.7 Å². The average Bonchev–Trinajstić information content (AvgIpc) is 2.63. The van der Waals surface area contributed by atoms with Crippen LogP contribution in [0.3, 0.4) is 0 Å². The highest BCUT2D eigenvalue weighted by molar-refractivity contribution is 5.77. The summed E-state index contributed by atoms with van der Waals surface area (Å²) in [5, 5.41) is 2.86. The van der Waals surface area contributed by atoms with Crippen LogP contribution in [-0.2, 0) is 17.8 Å². The maximum atomic E-state index is 12.1. The number of nitrogens with zero attached hydrogens (tertiary/aromatic N) is 1. The Morgan fingerprint density at radius 2 is 1.63 bits per heavy atom. The maximum Gasteiger partial charge on any atom is 0.387 e. The van der Waals surface area contributed by atoms with E-state index in [0.29, 0.717) is 19.5 Å². The zero-order valence-electron chi connectivity index (χ0n) is 15.5. The molecule has 1 amide bonds. The van der Waals surface area contributed by atoms with Gasteiger partial charge < -0.3 is 14.8 Å². The minimum absolute atomic E-state index is 0.0661. The zero-order valence-corrected chi connectivity index (χ0v) is 15.5. The smallest absolute Gasteiger partial charge is 0.387 e. The number of nitrogens with one attached hydrogen (secondary N) is 1. The van der Waals surface area contributed by atoms with E-state index in [1.54, 1.807) is 19.2 Å². The fraction of sp³-hybridized carbons (Fsp3) is 0.350. The summed E-state index contributed by atoms with van der Waals surface area (Å²) in [6.45, 7) is -1.41. The number of hydrogen-bond acceptors (Lipinski definition) is 4. The Balaban J connectivity index is 1.69. The molecule has 0 fully saturated rings. The van der Waals surface area contributed by atoms with Gasteiger partial charge >= 0.3 is 6.61 Å². The lowest BCUT2D eigenvalue weighted by Gasteiger charge is -2.16. The number of methoxy groups -OCH3 is 1. The van der Waals surface area contributed by atoms with Gasteiger partial charge in [-0.15, -0.1) is 0 Å². The SMILES string of the molecule is COc1ccc(CN(C)CC(=O)NCCc2ccc(OC(F)F)cc2)cc1. The quantitative estimate of drug-likeness (QED) is 0.690. The third-order valence-electron chi connectivity index (χ3n) is 3.91. The van der Waals surface area contributed by atoms with Gasteiger partial charge in [-0.05, 0) is 48.9 Å².